The fourth-order valence-electron chi connectivity index (χ4n) is 1.79. The molecule has 1 rings (SSSR count). The van der Waals surface area contributed by atoms with Crippen LogP contribution in [0.4, 0.5) is 4.39 Å². The molecule has 0 radical (unpaired) electrons. The van der Waals surface area contributed by atoms with E-state index in [2.05, 4.69) is 5.32 Å². The van der Waals surface area contributed by atoms with Crippen molar-refractivity contribution in [2.75, 3.05) is 19.8 Å². The largest absolute Gasteiger partial charge is 0.508 e. The molecule has 0 saturated carbocycles. The van der Waals surface area contributed by atoms with Crippen molar-refractivity contribution in [1.29, 1.82) is 0 Å². The van der Waals surface area contributed by atoms with Gasteiger partial charge in [-0.15, -0.1) is 0 Å². The maximum atomic E-state index is 13.7. The Kier molecular flexibility index (Phi) is 6.77. The minimum atomic E-state index is -0.427. The first-order valence-corrected chi connectivity index (χ1v) is 6.53. The number of rotatable bonds is 8. The van der Waals surface area contributed by atoms with Crippen LogP contribution < -0.4 is 5.32 Å². The van der Waals surface area contributed by atoms with Crippen LogP contribution in [0.1, 0.15) is 32.4 Å². The van der Waals surface area contributed by atoms with Gasteiger partial charge in [-0.25, -0.2) is 4.39 Å². The molecule has 0 aliphatic carbocycles. The van der Waals surface area contributed by atoms with Crippen molar-refractivity contribution in [1.82, 2.24) is 5.32 Å². The third-order valence-corrected chi connectivity index (χ3v) is 2.75. The number of ether oxygens (including phenoxy) is 2. The summed E-state index contributed by atoms with van der Waals surface area (Å²) in [6.45, 7) is 7.25. The highest BCUT2D eigenvalue weighted by atomic mass is 19.1. The Morgan fingerprint density at radius 2 is 1.89 bits per heavy atom. The summed E-state index contributed by atoms with van der Waals surface area (Å²) in [7, 11) is 0. The number of aromatic hydroxyl groups is 1. The molecule has 1 aromatic rings. The number of hydrogen-bond acceptors (Lipinski definition) is 4. The second-order valence-electron chi connectivity index (χ2n) is 4.18. The second kappa shape index (κ2) is 8.09. The van der Waals surface area contributed by atoms with Crippen molar-refractivity contribution < 1.29 is 19.0 Å². The molecule has 108 valence electrons. The van der Waals surface area contributed by atoms with E-state index < -0.39 is 5.82 Å². The van der Waals surface area contributed by atoms with Crippen molar-refractivity contribution in [3.05, 3.63) is 29.6 Å². The number of phenols is 1. The highest BCUT2D eigenvalue weighted by Gasteiger charge is 2.14. The third kappa shape index (κ3) is 5.14. The van der Waals surface area contributed by atoms with Crippen LogP contribution in [0.2, 0.25) is 0 Å². The second-order valence-corrected chi connectivity index (χ2v) is 4.18. The van der Waals surface area contributed by atoms with E-state index in [0.29, 0.717) is 25.3 Å². The molecule has 0 saturated heterocycles. The minimum absolute atomic E-state index is 0.0741. The molecule has 1 unspecified atom stereocenters. The Balaban J connectivity index is 2.55. The van der Waals surface area contributed by atoms with Gasteiger partial charge in [-0.05, 0) is 26.8 Å². The quantitative estimate of drug-likeness (QED) is 0.714. The lowest BCUT2D eigenvalue weighted by Gasteiger charge is -2.21. The fraction of sp³-hybridized carbons (Fsp3) is 0.571. The molecule has 0 bridgehead atoms. The molecular formula is C14H22FNO3. The van der Waals surface area contributed by atoms with Crippen LogP contribution in [0.15, 0.2) is 18.2 Å². The number of nitrogens with one attached hydrogen (secondary N) is 1. The van der Waals surface area contributed by atoms with Crippen LogP contribution >= 0.6 is 0 Å². The Morgan fingerprint density at radius 1 is 1.26 bits per heavy atom. The maximum absolute atomic E-state index is 13.7. The molecule has 0 spiro atoms. The monoisotopic (exact) mass is 271 g/mol. The predicted octanol–water partition coefficient (Wildman–Crippen LogP) is 2.58. The molecule has 0 aliphatic rings. The molecule has 1 aromatic carbocycles. The molecule has 0 fully saturated rings. The van der Waals surface area contributed by atoms with Crippen LogP contribution in [-0.4, -0.2) is 31.2 Å². The standard InChI is InChI=1S/C14H22FNO3/c1-4-18-14(19-5-2)9-16-10(3)12-7-6-11(17)8-13(12)15/h6-8,10,14,16-17H,4-5,9H2,1-3H3. The predicted molar refractivity (Wildman–Crippen MR) is 71.5 cm³/mol. The van der Waals surface area contributed by atoms with Gasteiger partial charge in [0.2, 0.25) is 0 Å². The van der Waals surface area contributed by atoms with Gasteiger partial charge in [-0.2, -0.15) is 0 Å². The van der Waals surface area contributed by atoms with Gasteiger partial charge < -0.3 is 19.9 Å². The van der Waals surface area contributed by atoms with Gasteiger partial charge in [0, 0.05) is 37.4 Å². The zero-order chi connectivity index (χ0) is 14.3. The fourth-order valence-corrected chi connectivity index (χ4v) is 1.79. The normalized spacial score (nSPS) is 12.9. The molecule has 1 atom stereocenters. The average molecular weight is 271 g/mol. The zero-order valence-electron chi connectivity index (χ0n) is 11.6. The van der Waals surface area contributed by atoms with Gasteiger partial charge in [0.1, 0.15) is 11.6 Å². The third-order valence-electron chi connectivity index (χ3n) is 2.75. The highest BCUT2D eigenvalue weighted by Crippen LogP contribution is 2.20. The molecule has 0 heterocycles. The zero-order valence-corrected chi connectivity index (χ0v) is 11.6. The summed E-state index contributed by atoms with van der Waals surface area (Å²) in [4.78, 5) is 0. The lowest BCUT2D eigenvalue weighted by atomic mass is 10.1. The summed E-state index contributed by atoms with van der Waals surface area (Å²) >= 11 is 0. The topological polar surface area (TPSA) is 50.7 Å². The SMILES string of the molecule is CCOC(CNC(C)c1ccc(O)cc1F)OCC. The van der Waals surface area contributed by atoms with E-state index in [-0.39, 0.29) is 18.1 Å². The molecule has 19 heavy (non-hydrogen) atoms. The van der Waals surface area contributed by atoms with E-state index in [4.69, 9.17) is 9.47 Å². The van der Waals surface area contributed by atoms with E-state index >= 15 is 0 Å². The molecule has 5 heteroatoms. The first-order valence-electron chi connectivity index (χ1n) is 6.53. The van der Waals surface area contributed by atoms with Gasteiger partial charge in [-0.3, -0.25) is 0 Å². The summed E-state index contributed by atoms with van der Waals surface area (Å²) in [6, 6.07) is 3.96. The van der Waals surface area contributed by atoms with Crippen LogP contribution in [0.25, 0.3) is 0 Å². The minimum Gasteiger partial charge on any atom is -0.508 e. The van der Waals surface area contributed by atoms with Crippen LogP contribution in [0, 0.1) is 5.82 Å². The lowest BCUT2D eigenvalue weighted by Crippen LogP contribution is -2.33. The summed E-state index contributed by atoms with van der Waals surface area (Å²) in [6.07, 6.45) is -0.336. The van der Waals surface area contributed by atoms with Crippen molar-refractivity contribution in [2.24, 2.45) is 0 Å². The smallest absolute Gasteiger partial charge is 0.169 e. The number of halogens is 1. The van der Waals surface area contributed by atoms with E-state index in [0.717, 1.165) is 6.07 Å². The summed E-state index contributed by atoms with van der Waals surface area (Å²) in [5.41, 5.74) is 0.504. The number of benzene rings is 1. The summed E-state index contributed by atoms with van der Waals surface area (Å²) < 4.78 is 24.5. The Labute approximate surface area is 113 Å². The molecule has 2 N–H and O–H groups in total. The van der Waals surface area contributed by atoms with Crippen LogP contribution in [0.5, 0.6) is 5.75 Å². The molecule has 0 aliphatic heterocycles. The van der Waals surface area contributed by atoms with Crippen LogP contribution in [-0.2, 0) is 9.47 Å². The Bertz CT molecular complexity index is 381. The first kappa shape index (κ1) is 15.9. The van der Waals surface area contributed by atoms with Gasteiger partial charge >= 0.3 is 0 Å². The van der Waals surface area contributed by atoms with Crippen molar-refractivity contribution in [3.63, 3.8) is 0 Å². The Hall–Kier alpha value is -1.17. The molecule has 4 nitrogen and oxygen atoms in total. The van der Waals surface area contributed by atoms with Gasteiger partial charge in [0.15, 0.2) is 6.29 Å². The van der Waals surface area contributed by atoms with E-state index in [1.807, 2.05) is 20.8 Å². The van der Waals surface area contributed by atoms with Crippen molar-refractivity contribution in [2.45, 2.75) is 33.1 Å². The van der Waals surface area contributed by atoms with E-state index in [9.17, 15) is 9.50 Å². The van der Waals surface area contributed by atoms with Gasteiger partial charge in [-0.1, -0.05) is 6.07 Å². The Morgan fingerprint density at radius 3 is 2.42 bits per heavy atom. The van der Waals surface area contributed by atoms with Gasteiger partial charge in [0.25, 0.3) is 0 Å². The van der Waals surface area contributed by atoms with Crippen molar-refractivity contribution in [3.8, 4) is 5.75 Å². The van der Waals surface area contributed by atoms with Gasteiger partial charge in [0.05, 0.1) is 0 Å². The van der Waals surface area contributed by atoms with Crippen molar-refractivity contribution >= 4 is 0 Å². The lowest BCUT2D eigenvalue weighted by molar-refractivity contribution is -0.133. The molecule has 0 aromatic heterocycles. The molecule has 0 amide bonds. The maximum Gasteiger partial charge on any atom is 0.169 e. The molecular weight excluding hydrogens is 249 g/mol. The average Bonchev–Trinajstić information content (AvgIpc) is 2.36. The summed E-state index contributed by atoms with van der Waals surface area (Å²) in [5, 5.41) is 12.3. The highest BCUT2D eigenvalue weighted by molar-refractivity contribution is 5.29. The van der Waals surface area contributed by atoms with Crippen LogP contribution in [0.3, 0.4) is 0 Å². The van der Waals surface area contributed by atoms with E-state index in [1.54, 1.807) is 6.07 Å². The number of hydrogen-bond donors (Lipinski definition) is 2. The van der Waals surface area contributed by atoms with E-state index in [1.165, 1.54) is 6.07 Å². The first-order chi connectivity index (χ1) is 9.08. The number of phenolic OH excluding ortho intramolecular Hbond substituents is 1. The summed E-state index contributed by atoms with van der Waals surface area (Å²) in [5.74, 6) is -0.501.